The highest BCUT2D eigenvalue weighted by molar-refractivity contribution is 6.31. The second-order valence-electron chi connectivity index (χ2n) is 4.47. The average molecular weight is 291 g/mol. The van der Waals surface area contributed by atoms with Gasteiger partial charge in [-0.15, -0.1) is 0 Å². The first-order valence-electron chi connectivity index (χ1n) is 6.06. The third-order valence-electron chi connectivity index (χ3n) is 3.21. The molecule has 0 bridgehead atoms. The molecule has 0 aromatic heterocycles. The van der Waals surface area contributed by atoms with E-state index < -0.39 is 0 Å². The summed E-state index contributed by atoms with van der Waals surface area (Å²) in [6.45, 7) is 0. The molecule has 4 heteroatoms. The lowest BCUT2D eigenvalue weighted by atomic mass is 9.99. The van der Waals surface area contributed by atoms with Crippen molar-refractivity contribution in [2.45, 2.75) is 12.5 Å². The van der Waals surface area contributed by atoms with Crippen molar-refractivity contribution >= 4 is 28.9 Å². The molecule has 0 aliphatic carbocycles. The molecule has 2 nitrogen and oxygen atoms in total. The number of nitrogens with one attached hydrogen (secondary N) is 1. The fourth-order valence-corrected chi connectivity index (χ4v) is 2.60. The van der Waals surface area contributed by atoms with Gasteiger partial charge in [0, 0.05) is 16.5 Å². The Labute approximate surface area is 122 Å². The van der Waals surface area contributed by atoms with Gasteiger partial charge < -0.3 is 5.43 Å². The van der Waals surface area contributed by atoms with Crippen molar-refractivity contribution in [1.29, 1.82) is 0 Å². The molecule has 0 radical (unpaired) electrons. The zero-order valence-corrected chi connectivity index (χ0v) is 11.6. The van der Waals surface area contributed by atoms with Gasteiger partial charge in [0.1, 0.15) is 0 Å². The topological polar surface area (TPSA) is 24.4 Å². The van der Waals surface area contributed by atoms with E-state index in [4.69, 9.17) is 23.2 Å². The van der Waals surface area contributed by atoms with Crippen molar-refractivity contribution in [3.8, 4) is 0 Å². The van der Waals surface area contributed by atoms with Crippen LogP contribution < -0.4 is 5.43 Å². The van der Waals surface area contributed by atoms with Gasteiger partial charge >= 0.3 is 0 Å². The predicted octanol–water partition coefficient (Wildman–Crippen LogP) is 4.43. The Morgan fingerprint density at radius 1 is 1.00 bits per heavy atom. The lowest BCUT2D eigenvalue weighted by Crippen LogP contribution is -2.10. The van der Waals surface area contributed by atoms with Gasteiger partial charge in [0.2, 0.25) is 0 Å². The molecule has 0 spiro atoms. The Balaban J connectivity index is 1.80. The number of hydrogen-bond donors (Lipinski definition) is 1. The van der Waals surface area contributed by atoms with Gasteiger partial charge in [0.15, 0.2) is 0 Å². The number of benzene rings is 2. The molecule has 2 aromatic carbocycles. The number of hydrogen-bond acceptors (Lipinski definition) is 2. The minimum atomic E-state index is 0.138. The predicted molar refractivity (Wildman–Crippen MR) is 79.9 cm³/mol. The van der Waals surface area contributed by atoms with Crippen LogP contribution in [-0.4, -0.2) is 5.71 Å². The molecule has 19 heavy (non-hydrogen) atoms. The van der Waals surface area contributed by atoms with Crippen LogP contribution in [0.1, 0.15) is 23.6 Å². The highest BCUT2D eigenvalue weighted by Gasteiger charge is 2.22. The maximum atomic E-state index is 6.21. The molecular formula is C15H12Cl2N2. The lowest BCUT2D eigenvalue weighted by Gasteiger charge is -2.11. The Morgan fingerprint density at radius 2 is 1.74 bits per heavy atom. The maximum absolute atomic E-state index is 6.21. The molecule has 1 aliphatic heterocycles. The number of rotatable bonds is 2. The van der Waals surface area contributed by atoms with E-state index in [1.807, 2.05) is 48.5 Å². The van der Waals surface area contributed by atoms with Gasteiger partial charge in [-0.1, -0.05) is 53.5 Å². The van der Waals surface area contributed by atoms with Crippen LogP contribution in [0, 0.1) is 0 Å². The second kappa shape index (κ2) is 5.24. The Bertz CT molecular complexity index is 620. The van der Waals surface area contributed by atoms with Gasteiger partial charge in [-0.05, 0) is 29.3 Å². The number of halogens is 2. The first-order valence-corrected chi connectivity index (χ1v) is 6.82. The Morgan fingerprint density at radius 3 is 2.47 bits per heavy atom. The van der Waals surface area contributed by atoms with Gasteiger partial charge in [-0.3, -0.25) is 0 Å². The van der Waals surface area contributed by atoms with Crippen molar-refractivity contribution in [2.24, 2.45) is 5.10 Å². The van der Waals surface area contributed by atoms with E-state index in [-0.39, 0.29) is 6.04 Å². The normalized spacial score (nSPS) is 18.0. The quantitative estimate of drug-likeness (QED) is 0.869. The van der Waals surface area contributed by atoms with Crippen LogP contribution in [0.5, 0.6) is 0 Å². The van der Waals surface area contributed by atoms with E-state index >= 15 is 0 Å². The van der Waals surface area contributed by atoms with Crippen LogP contribution in [0.25, 0.3) is 0 Å². The maximum Gasteiger partial charge on any atom is 0.0760 e. The van der Waals surface area contributed by atoms with Crippen molar-refractivity contribution in [3.63, 3.8) is 0 Å². The van der Waals surface area contributed by atoms with Crippen molar-refractivity contribution < 1.29 is 0 Å². The molecule has 3 rings (SSSR count). The van der Waals surface area contributed by atoms with E-state index in [1.165, 1.54) is 0 Å². The third-order valence-corrected chi connectivity index (χ3v) is 3.81. The van der Waals surface area contributed by atoms with Crippen molar-refractivity contribution in [1.82, 2.24) is 5.43 Å². The molecule has 1 heterocycles. The molecule has 2 aromatic rings. The SMILES string of the molecule is Clc1ccc(C2=NNC(c3ccccc3Cl)C2)cc1. The van der Waals surface area contributed by atoms with Gasteiger partial charge in [-0.25, -0.2) is 0 Å². The minimum Gasteiger partial charge on any atom is -0.302 e. The molecule has 1 aliphatic rings. The molecule has 96 valence electrons. The molecule has 1 atom stereocenters. The summed E-state index contributed by atoms with van der Waals surface area (Å²) in [5, 5.41) is 5.90. The van der Waals surface area contributed by atoms with Crippen LogP contribution in [-0.2, 0) is 0 Å². The smallest absolute Gasteiger partial charge is 0.0760 e. The number of nitrogens with zero attached hydrogens (tertiary/aromatic N) is 1. The van der Waals surface area contributed by atoms with E-state index in [0.717, 1.165) is 33.3 Å². The van der Waals surface area contributed by atoms with Crippen molar-refractivity contribution in [2.75, 3.05) is 0 Å². The van der Waals surface area contributed by atoms with Gasteiger partial charge in [0.05, 0.1) is 11.8 Å². The van der Waals surface area contributed by atoms with Gasteiger partial charge in [0.25, 0.3) is 0 Å². The highest BCUT2D eigenvalue weighted by Crippen LogP contribution is 2.29. The first kappa shape index (κ1) is 12.5. The van der Waals surface area contributed by atoms with E-state index in [0.29, 0.717) is 0 Å². The largest absolute Gasteiger partial charge is 0.302 e. The molecule has 0 fully saturated rings. The zero-order chi connectivity index (χ0) is 13.2. The fourth-order valence-electron chi connectivity index (χ4n) is 2.20. The summed E-state index contributed by atoms with van der Waals surface area (Å²) in [4.78, 5) is 0. The van der Waals surface area contributed by atoms with Gasteiger partial charge in [-0.2, -0.15) is 5.10 Å². The van der Waals surface area contributed by atoms with E-state index in [9.17, 15) is 0 Å². The van der Waals surface area contributed by atoms with Crippen molar-refractivity contribution in [3.05, 3.63) is 69.7 Å². The zero-order valence-electron chi connectivity index (χ0n) is 10.1. The Kier molecular flexibility index (Phi) is 3.45. The molecule has 0 saturated heterocycles. The monoisotopic (exact) mass is 290 g/mol. The summed E-state index contributed by atoms with van der Waals surface area (Å²) >= 11 is 12.1. The molecular weight excluding hydrogens is 279 g/mol. The summed E-state index contributed by atoms with van der Waals surface area (Å²) in [6.07, 6.45) is 0.825. The number of hydrazone groups is 1. The standard InChI is InChI=1S/C15H12Cl2N2/c16-11-7-5-10(6-8-11)14-9-15(19-18-14)12-3-1-2-4-13(12)17/h1-8,15,19H,9H2. The average Bonchev–Trinajstić information content (AvgIpc) is 2.89. The summed E-state index contributed by atoms with van der Waals surface area (Å²) in [6, 6.07) is 15.7. The summed E-state index contributed by atoms with van der Waals surface area (Å²) < 4.78 is 0. The van der Waals surface area contributed by atoms with E-state index in [2.05, 4.69) is 10.5 Å². The highest BCUT2D eigenvalue weighted by atomic mass is 35.5. The van der Waals surface area contributed by atoms with Crippen LogP contribution >= 0.6 is 23.2 Å². The molecule has 1 unspecified atom stereocenters. The summed E-state index contributed by atoms with van der Waals surface area (Å²) in [7, 11) is 0. The molecule has 0 saturated carbocycles. The van der Waals surface area contributed by atoms with E-state index in [1.54, 1.807) is 0 Å². The lowest BCUT2D eigenvalue weighted by molar-refractivity contribution is 0.620. The fraction of sp³-hybridized carbons (Fsp3) is 0.133. The first-order chi connectivity index (χ1) is 9.24. The van der Waals surface area contributed by atoms with Crippen LogP contribution in [0.4, 0.5) is 0 Å². The summed E-state index contributed by atoms with van der Waals surface area (Å²) in [5.41, 5.74) is 6.35. The molecule has 1 N–H and O–H groups in total. The van der Waals surface area contributed by atoms with Crippen LogP contribution in [0.2, 0.25) is 10.0 Å². The van der Waals surface area contributed by atoms with Crippen LogP contribution in [0.15, 0.2) is 53.6 Å². The summed E-state index contributed by atoms with van der Waals surface area (Å²) in [5.74, 6) is 0. The van der Waals surface area contributed by atoms with Crippen LogP contribution in [0.3, 0.4) is 0 Å². The third kappa shape index (κ3) is 2.60. The minimum absolute atomic E-state index is 0.138. The second-order valence-corrected chi connectivity index (χ2v) is 5.32. The Hall–Kier alpha value is -1.51. The molecule has 0 amide bonds.